The largest absolute Gasteiger partial charge is 0.314 e. The van der Waals surface area contributed by atoms with Crippen LogP contribution in [-0.2, 0) is 0 Å². The summed E-state index contributed by atoms with van der Waals surface area (Å²) in [5.74, 6) is 0. The number of hydrogen-bond donors (Lipinski definition) is 1. The molecular formula is C16H19ClN2S. The molecule has 1 aliphatic heterocycles. The number of rotatable bonds is 3. The summed E-state index contributed by atoms with van der Waals surface area (Å²) in [5.41, 5.74) is 2.44. The molecule has 1 aliphatic rings. The zero-order valence-corrected chi connectivity index (χ0v) is 13.2. The third kappa shape index (κ3) is 2.91. The number of benzene rings is 1. The molecule has 0 aliphatic carbocycles. The predicted molar refractivity (Wildman–Crippen MR) is 86.8 cm³/mol. The summed E-state index contributed by atoms with van der Waals surface area (Å²) >= 11 is 8.16. The fourth-order valence-corrected chi connectivity index (χ4v) is 3.80. The Morgan fingerprint density at radius 3 is 2.70 bits per heavy atom. The van der Waals surface area contributed by atoms with Crippen LogP contribution in [0.1, 0.15) is 22.0 Å². The molecule has 0 radical (unpaired) electrons. The van der Waals surface area contributed by atoms with Crippen LogP contribution < -0.4 is 5.32 Å². The van der Waals surface area contributed by atoms with Gasteiger partial charge in [-0.15, -0.1) is 11.3 Å². The van der Waals surface area contributed by atoms with E-state index in [9.17, 15) is 0 Å². The molecule has 1 aromatic carbocycles. The zero-order valence-electron chi connectivity index (χ0n) is 11.6. The van der Waals surface area contributed by atoms with Gasteiger partial charge in [-0.2, -0.15) is 0 Å². The fourth-order valence-electron chi connectivity index (χ4n) is 2.72. The van der Waals surface area contributed by atoms with Gasteiger partial charge in [0, 0.05) is 36.1 Å². The second kappa shape index (κ2) is 6.27. The minimum Gasteiger partial charge on any atom is -0.314 e. The molecule has 0 saturated carbocycles. The fraction of sp³-hybridized carbons (Fsp3) is 0.375. The molecule has 4 heteroatoms. The highest BCUT2D eigenvalue weighted by Gasteiger charge is 2.24. The average Bonchev–Trinajstić information content (AvgIpc) is 2.98. The Hall–Kier alpha value is -0.870. The number of hydrogen-bond acceptors (Lipinski definition) is 3. The number of thiophene rings is 1. The Kier molecular flexibility index (Phi) is 4.41. The highest BCUT2D eigenvalue weighted by molar-refractivity contribution is 7.10. The summed E-state index contributed by atoms with van der Waals surface area (Å²) < 4.78 is 0. The topological polar surface area (TPSA) is 15.3 Å². The van der Waals surface area contributed by atoms with Crippen molar-refractivity contribution in [3.8, 4) is 0 Å². The SMILES string of the molecule is Cc1ccc([C@@H](c2cccs2)N2CCNCC2)cc1Cl. The summed E-state index contributed by atoms with van der Waals surface area (Å²) in [7, 11) is 0. The van der Waals surface area contributed by atoms with Crippen molar-refractivity contribution >= 4 is 22.9 Å². The van der Waals surface area contributed by atoms with Gasteiger partial charge in [0.1, 0.15) is 0 Å². The second-order valence-electron chi connectivity index (χ2n) is 5.21. The van der Waals surface area contributed by atoms with E-state index in [1.165, 1.54) is 10.4 Å². The first kappa shape index (κ1) is 14.1. The molecule has 2 aromatic rings. The Bertz CT molecular complexity index is 562. The Labute approximate surface area is 129 Å². The van der Waals surface area contributed by atoms with Crippen LogP contribution in [-0.4, -0.2) is 31.1 Å². The summed E-state index contributed by atoms with van der Waals surface area (Å²) in [6.07, 6.45) is 0. The molecule has 1 saturated heterocycles. The number of piperazine rings is 1. The van der Waals surface area contributed by atoms with Gasteiger partial charge in [0.15, 0.2) is 0 Å². The molecular weight excluding hydrogens is 288 g/mol. The maximum absolute atomic E-state index is 6.33. The van der Waals surface area contributed by atoms with E-state index >= 15 is 0 Å². The van der Waals surface area contributed by atoms with Gasteiger partial charge in [-0.25, -0.2) is 0 Å². The first-order chi connectivity index (χ1) is 9.75. The van der Waals surface area contributed by atoms with E-state index < -0.39 is 0 Å². The normalized spacial score (nSPS) is 18.1. The van der Waals surface area contributed by atoms with Crippen LogP contribution in [0.25, 0.3) is 0 Å². The predicted octanol–water partition coefficient (Wildman–Crippen LogP) is 3.70. The summed E-state index contributed by atoms with van der Waals surface area (Å²) in [5, 5.41) is 6.44. The van der Waals surface area contributed by atoms with Gasteiger partial charge in [0.2, 0.25) is 0 Å². The summed E-state index contributed by atoms with van der Waals surface area (Å²) in [4.78, 5) is 3.94. The lowest BCUT2D eigenvalue weighted by Gasteiger charge is -2.35. The van der Waals surface area contributed by atoms with Crippen molar-refractivity contribution in [2.45, 2.75) is 13.0 Å². The lowest BCUT2D eigenvalue weighted by Crippen LogP contribution is -2.45. The molecule has 1 atom stereocenters. The van der Waals surface area contributed by atoms with E-state index in [4.69, 9.17) is 11.6 Å². The van der Waals surface area contributed by atoms with Gasteiger partial charge in [-0.1, -0.05) is 29.8 Å². The minimum atomic E-state index is 0.329. The first-order valence-corrected chi connectivity index (χ1v) is 8.25. The van der Waals surface area contributed by atoms with E-state index in [-0.39, 0.29) is 0 Å². The van der Waals surface area contributed by atoms with Crippen LogP contribution in [0.15, 0.2) is 35.7 Å². The van der Waals surface area contributed by atoms with Crippen molar-refractivity contribution in [3.05, 3.63) is 56.7 Å². The quantitative estimate of drug-likeness (QED) is 0.930. The van der Waals surface area contributed by atoms with Crippen LogP contribution in [0.3, 0.4) is 0 Å². The van der Waals surface area contributed by atoms with Crippen molar-refractivity contribution < 1.29 is 0 Å². The summed E-state index contributed by atoms with van der Waals surface area (Å²) in [6.45, 7) is 6.32. The van der Waals surface area contributed by atoms with Crippen LogP contribution >= 0.6 is 22.9 Å². The number of nitrogens with zero attached hydrogens (tertiary/aromatic N) is 1. The van der Waals surface area contributed by atoms with E-state index in [0.29, 0.717) is 6.04 Å². The average molecular weight is 307 g/mol. The van der Waals surface area contributed by atoms with E-state index in [0.717, 1.165) is 36.8 Å². The molecule has 0 spiro atoms. The molecule has 3 rings (SSSR count). The van der Waals surface area contributed by atoms with Gasteiger partial charge in [0.05, 0.1) is 6.04 Å². The molecule has 0 amide bonds. The van der Waals surface area contributed by atoms with Gasteiger partial charge >= 0.3 is 0 Å². The van der Waals surface area contributed by atoms with Gasteiger partial charge in [-0.3, -0.25) is 4.90 Å². The Morgan fingerprint density at radius 2 is 2.05 bits per heavy atom. The lowest BCUT2D eigenvalue weighted by atomic mass is 10.0. The molecule has 1 aromatic heterocycles. The lowest BCUT2D eigenvalue weighted by molar-refractivity contribution is 0.200. The standard InChI is InChI=1S/C16H19ClN2S/c1-12-4-5-13(11-14(12)17)16(15-3-2-10-20-15)19-8-6-18-7-9-19/h2-5,10-11,16,18H,6-9H2,1H3/t16-/m0/s1. The third-order valence-corrected chi connectivity index (χ3v) is 5.17. The molecule has 2 nitrogen and oxygen atoms in total. The molecule has 0 bridgehead atoms. The Morgan fingerprint density at radius 1 is 1.25 bits per heavy atom. The molecule has 0 unspecified atom stereocenters. The molecule has 1 fully saturated rings. The molecule has 106 valence electrons. The van der Waals surface area contributed by atoms with Crippen molar-refractivity contribution in [1.82, 2.24) is 10.2 Å². The van der Waals surface area contributed by atoms with Crippen molar-refractivity contribution in [2.75, 3.05) is 26.2 Å². The van der Waals surface area contributed by atoms with Crippen molar-refractivity contribution in [3.63, 3.8) is 0 Å². The summed E-state index contributed by atoms with van der Waals surface area (Å²) in [6, 6.07) is 11.2. The van der Waals surface area contributed by atoms with Crippen LogP contribution in [0.5, 0.6) is 0 Å². The minimum absolute atomic E-state index is 0.329. The maximum Gasteiger partial charge on any atom is 0.0697 e. The number of halogens is 1. The van der Waals surface area contributed by atoms with Gasteiger partial charge in [0.25, 0.3) is 0 Å². The Balaban J connectivity index is 1.98. The van der Waals surface area contributed by atoms with Crippen LogP contribution in [0.4, 0.5) is 0 Å². The van der Waals surface area contributed by atoms with Gasteiger partial charge in [-0.05, 0) is 35.6 Å². The van der Waals surface area contributed by atoms with E-state index in [2.05, 4.69) is 52.9 Å². The van der Waals surface area contributed by atoms with Gasteiger partial charge < -0.3 is 5.32 Å². The van der Waals surface area contributed by atoms with Crippen molar-refractivity contribution in [2.24, 2.45) is 0 Å². The number of aryl methyl sites for hydroxylation is 1. The zero-order chi connectivity index (χ0) is 13.9. The highest BCUT2D eigenvalue weighted by atomic mass is 35.5. The van der Waals surface area contributed by atoms with Crippen molar-refractivity contribution in [1.29, 1.82) is 0 Å². The molecule has 20 heavy (non-hydrogen) atoms. The maximum atomic E-state index is 6.33. The van der Waals surface area contributed by atoms with E-state index in [1.807, 2.05) is 11.3 Å². The highest BCUT2D eigenvalue weighted by Crippen LogP contribution is 2.33. The smallest absolute Gasteiger partial charge is 0.0697 e. The van der Waals surface area contributed by atoms with E-state index in [1.54, 1.807) is 0 Å². The first-order valence-electron chi connectivity index (χ1n) is 7.00. The van der Waals surface area contributed by atoms with Crippen LogP contribution in [0, 0.1) is 6.92 Å². The molecule has 2 heterocycles. The number of nitrogens with one attached hydrogen (secondary N) is 1. The van der Waals surface area contributed by atoms with Crippen LogP contribution in [0.2, 0.25) is 5.02 Å². The third-order valence-electron chi connectivity index (χ3n) is 3.84. The molecule has 1 N–H and O–H groups in total. The second-order valence-corrected chi connectivity index (χ2v) is 6.60. The monoisotopic (exact) mass is 306 g/mol.